The number of nitrogens with one attached hydrogen (secondary N) is 1. The number of carbonyl (C=O) groups excluding carboxylic acids is 1. The second-order valence-electron chi connectivity index (χ2n) is 4.53. The lowest BCUT2D eigenvalue weighted by atomic mass is 9.98. The molecule has 0 saturated carbocycles. The van der Waals surface area contributed by atoms with Gasteiger partial charge in [0.2, 0.25) is 0 Å². The van der Waals surface area contributed by atoms with E-state index in [2.05, 4.69) is 10.3 Å². The number of nitrogens with zero attached hydrogens (tertiary/aromatic N) is 1. The highest BCUT2D eigenvalue weighted by Gasteiger charge is 2.43. The molecule has 1 unspecified atom stereocenters. The number of carboxylic acids is 1. The smallest absolute Gasteiger partial charge is 0.331 e. The van der Waals surface area contributed by atoms with Crippen molar-refractivity contribution in [2.24, 2.45) is 5.73 Å². The molecule has 1 aliphatic rings. The number of primary amides is 1. The second-order valence-corrected chi connectivity index (χ2v) is 4.53. The highest BCUT2D eigenvalue weighted by atomic mass is 16.5. The van der Waals surface area contributed by atoms with Crippen molar-refractivity contribution in [1.29, 1.82) is 0 Å². The molecule has 1 atom stereocenters. The van der Waals surface area contributed by atoms with Crippen molar-refractivity contribution >= 4 is 17.7 Å². The molecule has 1 fully saturated rings. The molecule has 0 radical (unpaired) electrons. The topological polar surface area (TPSA) is 115 Å². The summed E-state index contributed by atoms with van der Waals surface area (Å²) in [6, 6.07) is 3.17. The number of carbonyl (C=O) groups is 2. The van der Waals surface area contributed by atoms with Gasteiger partial charge in [0.1, 0.15) is 5.82 Å². The first-order valence-electron chi connectivity index (χ1n) is 5.81. The SMILES string of the molecule is Cc1ccc(C(N)=O)c(NC2(C(=O)O)CCOC2)n1. The molecule has 102 valence electrons. The molecule has 4 N–H and O–H groups in total. The van der Waals surface area contributed by atoms with Crippen molar-refractivity contribution in [2.45, 2.75) is 18.9 Å². The Labute approximate surface area is 109 Å². The fraction of sp³-hybridized carbons (Fsp3) is 0.417. The standard InChI is InChI=1S/C12H15N3O4/c1-7-2-3-8(9(13)16)10(14-7)15-12(11(17)18)4-5-19-6-12/h2-3H,4-6H2,1H3,(H2,13,16)(H,14,15)(H,17,18). The van der Waals surface area contributed by atoms with Gasteiger partial charge in [-0.15, -0.1) is 0 Å². The lowest BCUT2D eigenvalue weighted by molar-refractivity contribution is -0.142. The highest BCUT2D eigenvalue weighted by molar-refractivity contribution is 5.98. The summed E-state index contributed by atoms with van der Waals surface area (Å²) in [6.45, 7) is 2.11. The Bertz CT molecular complexity index is 524. The number of anilines is 1. The molecule has 7 heteroatoms. The van der Waals surface area contributed by atoms with Crippen LogP contribution in [0.5, 0.6) is 0 Å². The van der Waals surface area contributed by atoms with Crippen LogP contribution in [0.2, 0.25) is 0 Å². The molecular formula is C12H15N3O4. The minimum Gasteiger partial charge on any atom is -0.479 e. The largest absolute Gasteiger partial charge is 0.479 e. The molecule has 7 nitrogen and oxygen atoms in total. The van der Waals surface area contributed by atoms with Crippen LogP contribution in [-0.4, -0.2) is 40.7 Å². The van der Waals surface area contributed by atoms with Crippen LogP contribution in [0.3, 0.4) is 0 Å². The lowest BCUT2D eigenvalue weighted by Gasteiger charge is -2.25. The van der Waals surface area contributed by atoms with E-state index < -0.39 is 17.4 Å². The van der Waals surface area contributed by atoms with Crippen LogP contribution in [0.1, 0.15) is 22.5 Å². The van der Waals surface area contributed by atoms with Gasteiger partial charge in [0.15, 0.2) is 5.54 Å². The van der Waals surface area contributed by atoms with Crippen molar-refractivity contribution in [2.75, 3.05) is 18.5 Å². The van der Waals surface area contributed by atoms with E-state index in [4.69, 9.17) is 10.5 Å². The average molecular weight is 265 g/mol. The third kappa shape index (κ3) is 2.50. The second kappa shape index (κ2) is 4.85. The van der Waals surface area contributed by atoms with Gasteiger partial charge in [-0.2, -0.15) is 0 Å². The van der Waals surface area contributed by atoms with Crippen molar-refractivity contribution < 1.29 is 19.4 Å². The zero-order valence-electron chi connectivity index (χ0n) is 10.5. The van der Waals surface area contributed by atoms with Gasteiger partial charge in [0.05, 0.1) is 12.2 Å². The van der Waals surface area contributed by atoms with Crippen molar-refractivity contribution in [3.63, 3.8) is 0 Å². The number of pyridine rings is 1. The van der Waals surface area contributed by atoms with Gasteiger partial charge in [-0.05, 0) is 19.1 Å². The predicted molar refractivity (Wildman–Crippen MR) is 66.9 cm³/mol. The molecule has 0 spiro atoms. The van der Waals surface area contributed by atoms with Crippen LogP contribution in [0.15, 0.2) is 12.1 Å². The van der Waals surface area contributed by atoms with E-state index in [9.17, 15) is 14.7 Å². The summed E-state index contributed by atoms with van der Waals surface area (Å²) in [5.41, 5.74) is 4.83. The Balaban J connectivity index is 2.39. The normalized spacial score (nSPS) is 22.2. The van der Waals surface area contributed by atoms with Crippen LogP contribution in [-0.2, 0) is 9.53 Å². The van der Waals surface area contributed by atoms with Gasteiger partial charge in [-0.25, -0.2) is 9.78 Å². The summed E-state index contributed by atoms with van der Waals surface area (Å²) in [6.07, 6.45) is 0.302. The van der Waals surface area contributed by atoms with E-state index in [1.54, 1.807) is 13.0 Å². The number of aliphatic carboxylic acids is 1. The third-order valence-electron chi connectivity index (χ3n) is 3.09. The number of aromatic nitrogens is 1. The zero-order valence-corrected chi connectivity index (χ0v) is 10.5. The molecule has 0 aromatic carbocycles. The van der Waals surface area contributed by atoms with Crippen molar-refractivity contribution in [3.05, 3.63) is 23.4 Å². The van der Waals surface area contributed by atoms with Crippen LogP contribution in [0.4, 0.5) is 5.82 Å². The molecule has 1 amide bonds. The number of nitrogens with two attached hydrogens (primary N) is 1. The minimum absolute atomic E-state index is 0.0240. The first kappa shape index (κ1) is 13.3. The van der Waals surface area contributed by atoms with Gasteiger partial charge >= 0.3 is 5.97 Å². The molecule has 1 aromatic heterocycles. The number of ether oxygens (including phenoxy) is 1. The summed E-state index contributed by atoms with van der Waals surface area (Å²) in [5, 5.41) is 12.1. The number of hydrogen-bond donors (Lipinski definition) is 3. The Morgan fingerprint density at radius 2 is 2.26 bits per heavy atom. The molecule has 2 rings (SSSR count). The quantitative estimate of drug-likeness (QED) is 0.713. The number of rotatable bonds is 4. The maximum atomic E-state index is 11.4. The molecule has 19 heavy (non-hydrogen) atoms. The van der Waals surface area contributed by atoms with Gasteiger partial charge in [-0.1, -0.05) is 0 Å². The number of hydrogen-bond acceptors (Lipinski definition) is 5. The van der Waals surface area contributed by atoms with Crippen molar-refractivity contribution in [3.8, 4) is 0 Å². The van der Waals surface area contributed by atoms with Crippen LogP contribution < -0.4 is 11.1 Å². The third-order valence-corrected chi connectivity index (χ3v) is 3.09. The molecule has 1 aromatic rings. The van der Waals surface area contributed by atoms with Crippen LogP contribution in [0.25, 0.3) is 0 Å². The summed E-state index contributed by atoms with van der Waals surface area (Å²) in [7, 11) is 0. The summed E-state index contributed by atoms with van der Waals surface area (Å²) in [5.74, 6) is -1.52. The molecule has 1 saturated heterocycles. The predicted octanol–water partition coefficient (Wildman–Crippen LogP) is 0.145. The fourth-order valence-corrected chi connectivity index (χ4v) is 1.96. The first-order valence-corrected chi connectivity index (χ1v) is 5.81. The number of amides is 1. The van der Waals surface area contributed by atoms with E-state index in [0.717, 1.165) is 0 Å². The van der Waals surface area contributed by atoms with E-state index in [1.807, 2.05) is 0 Å². The molecular weight excluding hydrogens is 250 g/mol. The van der Waals surface area contributed by atoms with E-state index in [-0.39, 0.29) is 18.0 Å². The van der Waals surface area contributed by atoms with E-state index >= 15 is 0 Å². The first-order chi connectivity index (χ1) is 8.94. The highest BCUT2D eigenvalue weighted by Crippen LogP contribution is 2.26. The van der Waals surface area contributed by atoms with E-state index in [1.165, 1.54) is 6.07 Å². The number of carboxylic acid groups (broad SMARTS) is 1. The summed E-state index contributed by atoms with van der Waals surface area (Å²) in [4.78, 5) is 26.9. The Hall–Kier alpha value is -2.15. The summed E-state index contributed by atoms with van der Waals surface area (Å²) >= 11 is 0. The summed E-state index contributed by atoms with van der Waals surface area (Å²) < 4.78 is 5.14. The fourth-order valence-electron chi connectivity index (χ4n) is 1.96. The molecule has 0 bridgehead atoms. The Morgan fingerprint density at radius 1 is 1.53 bits per heavy atom. The molecule has 0 aliphatic carbocycles. The molecule has 1 aliphatic heterocycles. The van der Waals surface area contributed by atoms with E-state index in [0.29, 0.717) is 18.7 Å². The monoisotopic (exact) mass is 265 g/mol. The number of aryl methyl sites for hydroxylation is 1. The maximum Gasteiger partial charge on any atom is 0.331 e. The minimum atomic E-state index is -1.26. The average Bonchev–Trinajstić information content (AvgIpc) is 2.78. The van der Waals surface area contributed by atoms with Gasteiger partial charge in [0, 0.05) is 18.7 Å². The Morgan fingerprint density at radius 3 is 2.79 bits per heavy atom. The Kier molecular flexibility index (Phi) is 3.39. The van der Waals surface area contributed by atoms with Gasteiger partial charge < -0.3 is 20.9 Å². The van der Waals surface area contributed by atoms with Crippen molar-refractivity contribution in [1.82, 2.24) is 4.98 Å². The van der Waals surface area contributed by atoms with Crippen LogP contribution >= 0.6 is 0 Å². The van der Waals surface area contributed by atoms with Gasteiger partial charge in [0.25, 0.3) is 5.91 Å². The van der Waals surface area contributed by atoms with Gasteiger partial charge in [-0.3, -0.25) is 4.79 Å². The zero-order chi connectivity index (χ0) is 14.0. The maximum absolute atomic E-state index is 11.4. The van der Waals surface area contributed by atoms with Crippen LogP contribution in [0, 0.1) is 6.92 Å². The lowest BCUT2D eigenvalue weighted by Crippen LogP contribution is -2.47. The molecule has 2 heterocycles.